The lowest BCUT2D eigenvalue weighted by molar-refractivity contribution is 0.00199. The smallest absolute Gasteiger partial charge is 0.407 e. The lowest BCUT2D eigenvalue weighted by Crippen LogP contribution is -2.55. The SMILES string of the molecule is CNC(=O)O[C@H]1CCC[C@@H]1[C@](Cn1cnnc1)(c1ccccc1)C1CCN(CC2CN(c3ccc(C#N)cc3)C2)CC1. The normalized spacial score (nSPS) is 23.1. The molecule has 0 unspecified atom stereocenters. The van der Waals surface area contributed by atoms with Gasteiger partial charge in [0.1, 0.15) is 18.8 Å². The van der Waals surface area contributed by atoms with Crippen molar-refractivity contribution >= 4 is 11.8 Å². The minimum atomic E-state index is -0.344. The Morgan fingerprint density at radius 3 is 2.40 bits per heavy atom. The Hall–Kier alpha value is -3.90. The fraction of sp³-hybridized carbons (Fsp3) is 0.515. The number of piperidine rings is 1. The number of likely N-dealkylation sites (tertiary alicyclic amines) is 1. The predicted octanol–water partition coefficient (Wildman–Crippen LogP) is 4.46. The van der Waals surface area contributed by atoms with Crippen LogP contribution in [-0.2, 0) is 16.7 Å². The van der Waals surface area contributed by atoms with Crippen LogP contribution in [0, 0.1) is 29.1 Å². The molecule has 1 saturated carbocycles. The van der Waals surface area contributed by atoms with Crippen molar-refractivity contribution in [3.05, 3.63) is 78.4 Å². The van der Waals surface area contributed by atoms with Crippen molar-refractivity contribution in [1.82, 2.24) is 25.0 Å². The summed E-state index contributed by atoms with van der Waals surface area (Å²) < 4.78 is 8.17. The molecule has 3 heterocycles. The van der Waals surface area contributed by atoms with Crippen LogP contribution in [0.2, 0.25) is 0 Å². The molecule has 2 aliphatic heterocycles. The molecule has 2 aromatic carbocycles. The van der Waals surface area contributed by atoms with E-state index in [0.717, 1.165) is 71.4 Å². The third-order valence-corrected chi connectivity index (χ3v) is 9.95. The van der Waals surface area contributed by atoms with E-state index in [4.69, 9.17) is 10.00 Å². The molecule has 1 amide bonds. The summed E-state index contributed by atoms with van der Waals surface area (Å²) >= 11 is 0. The fourth-order valence-electron chi connectivity index (χ4n) is 7.94. The first-order valence-corrected chi connectivity index (χ1v) is 15.3. The zero-order valence-electron chi connectivity index (χ0n) is 24.4. The molecular weight excluding hydrogens is 526 g/mol. The number of ether oxygens (including phenoxy) is 1. The summed E-state index contributed by atoms with van der Waals surface area (Å²) in [5, 5.41) is 20.0. The Morgan fingerprint density at radius 1 is 1.02 bits per heavy atom. The lowest BCUT2D eigenvalue weighted by atomic mass is 9.58. The molecule has 3 atom stereocenters. The highest BCUT2D eigenvalue weighted by Crippen LogP contribution is 2.52. The quantitative estimate of drug-likeness (QED) is 0.408. The standard InChI is InChI=1S/C33H41N7O2/c1-35-32(41)42-31-9-5-8-30(31)33(22-39-23-36-37-24-39,27-6-3-2-4-7-27)28-14-16-38(17-15-28)19-26-20-40(21-26)29-12-10-25(18-34)11-13-29/h2-4,6-7,10-13,23-24,26,28,30-31H,5,8-9,14-17,19-22H2,1H3,(H,35,41)/t30-,31-,33+/m0/s1. The molecule has 6 rings (SSSR count). The second-order valence-corrected chi connectivity index (χ2v) is 12.3. The van der Waals surface area contributed by atoms with Gasteiger partial charge in [-0.2, -0.15) is 5.26 Å². The van der Waals surface area contributed by atoms with Crippen LogP contribution >= 0.6 is 0 Å². The monoisotopic (exact) mass is 567 g/mol. The number of anilines is 1. The van der Waals surface area contributed by atoms with Gasteiger partial charge in [0, 0.05) is 56.2 Å². The number of carbonyl (C=O) groups is 1. The summed E-state index contributed by atoms with van der Waals surface area (Å²) in [7, 11) is 1.63. The van der Waals surface area contributed by atoms with Crippen molar-refractivity contribution in [1.29, 1.82) is 5.26 Å². The van der Waals surface area contributed by atoms with Gasteiger partial charge in [0.05, 0.1) is 11.6 Å². The lowest BCUT2D eigenvalue weighted by Gasteiger charge is -2.51. The largest absolute Gasteiger partial charge is 0.446 e. The zero-order chi connectivity index (χ0) is 28.9. The molecule has 0 radical (unpaired) electrons. The molecule has 42 heavy (non-hydrogen) atoms. The minimum absolute atomic E-state index is 0.122. The first-order valence-electron chi connectivity index (χ1n) is 15.3. The van der Waals surface area contributed by atoms with E-state index in [-0.39, 0.29) is 23.5 Å². The number of nitrogens with zero attached hydrogens (tertiary/aromatic N) is 6. The number of hydrogen-bond acceptors (Lipinski definition) is 7. The van der Waals surface area contributed by atoms with E-state index < -0.39 is 0 Å². The summed E-state index contributed by atoms with van der Waals surface area (Å²) in [6.07, 6.45) is 8.38. The summed E-state index contributed by atoms with van der Waals surface area (Å²) in [6.45, 7) is 6.16. The van der Waals surface area contributed by atoms with E-state index in [9.17, 15) is 4.79 Å². The van der Waals surface area contributed by atoms with E-state index in [2.05, 4.69) is 78.4 Å². The van der Waals surface area contributed by atoms with Crippen molar-refractivity contribution < 1.29 is 9.53 Å². The first kappa shape index (κ1) is 28.2. The Balaban J connectivity index is 1.18. The molecule has 1 aromatic heterocycles. The number of nitriles is 1. The fourth-order valence-corrected chi connectivity index (χ4v) is 7.94. The molecule has 3 aliphatic rings. The van der Waals surface area contributed by atoms with Crippen molar-refractivity contribution in [3.63, 3.8) is 0 Å². The van der Waals surface area contributed by atoms with Crippen LogP contribution < -0.4 is 10.2 Å². The third kappa shape index (κ3) is 5.73. The molecule has 1 N–H and O–H groups in total. The first-order chi connectivity index (χ1) is 20.6. The maximum absolute atomic E-state index is 12.4. The topological polar surface area (TPSA) is 99.3 Å². The summed E-state index contributed by atoms with van der Waals surface area (Å²) in [4.78, 5) is 17.5. The van der Waals surface area contributed by atoms with Crippen LogP contribution in [0.4, 0.5) is 10.5 Å². The van der Waals surface area contributed by atoms with Crippen molar-refractivity contribution in [2.75, 3.05) is 44.7 Å². The van der Waals surface area contributed by atoms with Gasteiger partial charge in [-0.3, -0.25) is 0 Å². The Labute approximate surface area is 248 Å². The number of aromatic nitrogens is 3. The van der Waals surface area contributed by atoms with E-state index >= 15 is 0 Å². The average molecular weight is 568 g/mol. The van der Waals surface area contributed by atoms with Crippen LogP contribution in [0.1, 0.15) is 43.2 Å². The summed E-state index contributed by atoms with van der Waals surface area (Å²) in [6, 6.07) is 21.1. The molecule has 3 fully saturated rings. The van der Waals surface area contributed by atoms with E-state index in [1.807, 2.05) is 24.8 Å². The van der Waals surface area contributed by atoms with Gasteiger partial charge < -0.3 is 24.4 Å². The van der Waals surface area contributed by atoms with Gasteiger partial charge in [0.15, 0.2) is 0 Å². The van der Waals surface area contributed by atoms with Gasteiger partial charge >= 0.3 is 6.09 Å². The van der Waals surface area contributed by atoms with Crippen LogP contribution in [0.25, 0.3) is 0 Å². The Morgan fingerprint density at radius 2 is 1.74 bits per heavy atom. The van der Waals surface area contributed by atoms with E-state index in [0.29, 0.717) is 17.4 Å². The number of alkyl carbamates (subject to hydrolysis) is 1. The molecule has 3 aromatic rings. The van der Waals surface area contributed by atoms with E-state index in [1.165, 1.54) is 11.3 Å². The molecule has 220 valence electrons. The molecule has 0 bridgehead atoms. The highest BCUT2D eigenvalue weighted by Gasteiger charge is 2.53. The number of benzene rings is 2. The predicted molar refractivity (Wildman–Crippen MR) is 161 cm³/mol. The number of rotatable bonds is 9. The van der Waals surface area contributed by atoms with Crippen LogP contribution in [0.15, 0.2) is 67.3 Å². The van der Waals surface area contributed by atoms with Gasteiger partial charge in [0.2, 0.25) is 0 Å². The van der Waals surface area contributed by atoms with Crippen LogP contribution in [0.5, 0.6) is 0 Å². The van der Waals surface area contributed by atoms with Crippen molar-refractivity contribution in [2.24, 2.45) is 17.8 Å². The highest BCUT2D eigenvalue weighted by molar-refractivity contribution is 5.67. The Bertz CT molecular complexity index is 1340. The second kappa shape index (κ2) is 12.5. The van der Waals surface area contributed by atoms with Gasteiger partial charge in [-0.05, 0) is 80.9 Å². The molecule has 9 nitrogen and oxygen atoms in total. The molecule has 9 heteroatoms. The molecular formula is C33H41N7O2. The van der Waals surface area contributed by atoms with Gasteiger partial charge in [0.25, 0.3) is 0 Å². The van der Waals surface area contributed by atoms with Crippen molar-refractivity contribution in [3.8, 4) is 6.07 Å². The van der Waals surface area contributed by atoms with Gasteiger partial charge in [-0.15, -0.1) is 10.2 Å². The Kier molecular flexibility index (Phi) is 8.43. The number of hydrogen-bond donors (Lipinski definition) is 1. The van der Waals surface area contributed by atoms with E-state index in [1.54, 1.807) is 7.05 Å². The highest BCUT2D eigenvalue weighted by atomic mass is 16.6. The molecule has 0 spiro atoms. The maximum Gasteiger partial charge on any atom is 0.407 e. The molecule has 1 aliphatic carbocycles. The zero-order valence-corrected chi connectivity index (χ0v) is 24.4. The summed E-state index contributed by atoms with van der Waals surface area (Å²) in [5.74, 6) is 1.31. The second-order valence-electron chi connectivity index (χ2n) is 12.3. The van der Waals surface area contributed by atoms with Gasteiger partial charge in [-0.1, -0.05) is 30.3 Å². The average Bonchev–Trinajstić information content (AvgIpc) is 3.71. The van der Waals surface area contributed by atoms with Gasteiger partial charge in [-0.25, -0.2) is 4.79 Å². The minimum Gasteiger partial charge on any atom is -0.446 e. The number of carbonyl (C=O) groups excluding carboxylic acids is 1. The van der Waals surface area contributed by atoms with Crippen molar-refractivity contribution in [2.45, 2.75) is 50.2 Å². The summed E-state index contributed by atoms with van der Waals surface area (Å²) in [5.41, 5.74) is 3.04. The number of nitrogens with one attached hydrogen (secondary N) is 1. The van der Waals surface area contributed by atoms with Crippen LogP contribution in [0.3, 0.4) is 0 Å². The number of amides is 1. The maximum atomic E-state index is 12.4. The molecule has 2 saturated heterocycles. The third-order valence-electron chi connectivity index (χ3n) is 9.95. The van der Waals surface area contributed by atoms with Crippen LogP contribution in [-0.4, -0.2) is 71.6 Å².